The van der Waals surface area contributed by atoms with Gasteiger partial charge < -0.3 is 14.5 Å². The zero-order valence-electron chi connectivity index (χ0n) is 16.9. The smallest absolute Gasteiger partial charge is 0.377 e. The van der Waals surface area contributed by atoms with Gasteiger partial charge in [-0.05, 0) is 19.4 Å². The Morgan fingerprint density at radius 3 is 2.69 bits per heavy atom. The Morgan fingerprint density at radius 2 is 2.03 bits per heavy atom. The summed E-state index contributed by atoms with van der Waals surface area (Å²) in [6, 6.07) is -1.31. The third-order valence-electron chi connectivity index (χ3n) is 5.62. The number of hydrogen-bond donors (Lipinski definition) is 0. The number of alkyl halides is 5. The number of ether oxygens (including phenoxy) is 1. The summed E-state index contributed by atoms with van der Waals surface area (Å²) in [5.41, 5.74) is -1.32. The predicted molar refractivity (Wildman–Crippen MR) is 100 cm³/mol. The van der Waals surface area contributed by atoms with Crippen LogP contribution in [-0.2, 0) is 17.8 Å². The maximum atomic E-state index is 14.9. The monoisotopic (exact) mass is 466 g/mol. The molecule has 1 fully saturated rings. The molecule has 0 aliphatic carbocycles. The van der Waals surface area contributed by atoms with Gasteiger partial charge in [-0.3, -0.25) is 9.36 Å². The molecule has 176 valence electrons. The summed E-state index contributed by atoms with van der Waals surface area (Å²) in [6.45, 7) is -1.78. The molecular formula is C18H20F6N6O2. The molecule has 0 amide bonds. The summed E-state index contributed by atoms with van der Waals surface area (Å²) in [7, 11) is 0. The maximum Gasteiger partial charge on any atom is 0.408 e. The van der Waals surface area contributed by atoms with Crippen molar-refractivity contribution in [3.8, 4) is 0 Å². The average Bonchev–Trinajstić information content (AvgIpc) is 3.19. The number of fused-ring (bicyclic) bond motifs is 1. The van der Waals surface area contributed by atoms with Crippen molar-refractivity contribution in [3.05, 3.63) is 34.1 Å². The van der Waals surface area contributed by atoms with Crippen molar-refractivity contribution in [2.75, 3.05) is 29.6 Å². The fraction of sp³-hybridized carbons (Fsp3) is 0.611. The van der Waals surface area contributed by atoms with E-state index in [1.807, 2.05) is 0 Å². The van der Waals surface area contributed by atoms with Gasteiger partial charge in [0.2, 0.25) is 11.8 Å². The highest BCUT2D eigenvalue weighted by atomic mass is 19.4. The number of anilines is 2. The van der Waals surface area contributed by atoms with Crippen molar-refractivity contribution in [1.29, 1.82) is 0 Å². The van der Waals surface area contributed by atoms with E-state index in [2.05, 4.69) is 10.1 Å². The minimum absolute atomic E-state index is 0.189. The molecule has 4 heterocycles. The second kappa shape index (κ2) is 8.30. The highest BCUT2D eigenvalue weighted by molar-refractivity contribution is 5.49. The molecule has 2 aromatic rings. The summed E-state index contributed by atoms with van der Waals surface area (Å²) in [5, 5.41) is 3.44. The first-order valence-electron chi connectivity index (χ1n) is 9.88. The van der Waals surface area contributed by atoms with Crippen LogP contribution in [0.25, 0.3) is 0 Å². The second-order valence-corrected chi connectivity index (χ2v) is 7.64. The van der Waals surface area contributed by atoms with Gasteiger partial charge in [0.1, 0.15) is 6.04 Å². The van der Waals surface area contributed by atoms with Gasteiger partial charge in [0, 0.05) is 19.3 Å². The van der Waals surface area contributed by atoms with Crippen LogP contribution in [0.1, 0.15) is 25.6 Å². The molecule has 4 rings (SSSR count). The highest BCUT2D eigenvalue weighted by Crippen LogP contribution is 2.36. The van der Waals surface area contributed by atoms with E-state index in [1.54, 1.807) is 6.92 Å². The zero-order valence-corrected chi connectivity index (χ0v) is 16.9. The first-order valence-corrected chi connectivity index (χ1v) is 9.88. The summed E-state index contributed by atoms with van der Waals surface area (Å²) >= 11 is 0. The molecule has 2 atom stereocenters. The zero-order chi connectivity index (χ0) is 23.2. The Balaban J connectivity index is 1.84. The quantitative estimate of drug-likeness (QED) is 0.646. The van der Waals surface area contributed by atoms with Gasteiger partial charge in [-0.15, -0.1) is 0 Å². The standard InChI is InChI=1S/C18H20F6N6O2/c1-10-9-32-7-6-27(10)14-13(19)15(31)28-5-3-12(18(22,23)24)29(17(28)26-14)8-11-2-4-25-30(11)16(20)21/h2,4,10,12,16H,3,5-9H2,1H3. The lowest BCUT2D eigenvalue weighted by molar-refractivity contribution is -0.153. The van der Waals surface area contributed by atoms with Crippen LogP contribution in [0.15, 0.2) is 17.1 Å². The Bertz CT molecular complexity index is 1040. The molecule has 0 N–H and O–H groups in total. The highest BCUT2D eigenvalue weighted by Gasteiger charge is 2.47. The third-order valence-corrected chi connectivity index (χ3v) is 5.62. The molecule has 14 heteroatoms. The summed E-state index contributed by atoms with van der Waals surface area (Å²) in [5.74, 6) is -1.99. The molecular weight excluding hydrogens is 446 g/mol. The molecule has 2 aliphatic heterocycles. The van der Waals surface area contributed by atoms with Crippen molar-refractivity contribution >= 4 is 11.8 Å². The van der Waals surface area contributed by atoms with Gasteiger partial charge in [-0.1, -0.05) is 0 Å². The van der Waals surface area contributed by atoms with Gasteiger partial charge in [-0.25, -0.2) is 4.68 Å². The van der Waals surface area contributed by atoms with Crippen LogP contribution in [0, 0.1) is 5.82 Å². The van der Waals surface area contributed by atoms with E-state index in [9.17, 15) is 31.1 Å². The SMILES string of the molecule is CC1COCCN1c1nc2n(c(=O)c1F)CCC(C(F)(F)F)N2Cc1ccnn1C(F)F. The molecule has 0 saturated carbocycles. The first kappa shape index (κ1) is 22.4. The Morgan fingerprint density at radius 1 is 1.28 bits per heavy atom. The van der Waals surface area contributed by atoms with Crippen molar-refractivity contribution in [3.63, 3.8) is 0 Å². The van der Waals surface area contributed by atoms with Crippen molar-refractivity contribution < 1.29 is 31.1 Å². The van der Waals surface area contributed by atoms with Crippen LogP contribution in [0.4, 0.5) is 38.1 Å². The van der Waals surface area contributed by atoms with E-state index in [1.165, 1.54) is 4.90 Å². The van der Waals surface area contributed by atoms with E-state index in [0.29, 0.717) is 4.68 Å². The number of rotatable bonds is 4. The van der Waals surface area contributed by atoms with Crippen molar-refractivity contribution in [2.24, 2.45) is 0 Å². The van der Waals surface area contributed by atoms with E-state index >= 15 is 0 Å². The van der Waals surface area contributed by atoms with Crippen LogP contribution in [-0.4, -0.2) is 57.4 Å². The molecule has 8 nitrogen and oxygen atoms in total. The summed E-state index contributed by atoms with van der Waals surface area (Å²) in [4.78, 5) is 19.0. The summed E-state index contributed by atoms with van der Waals surface area (Å²) < 4.78 is 89.3. The van der Waals surface area contributed by atoms with Crippen molar-refractivity contribution in [2.45, 2.75) is 51.2 Å². The van der Waals surface area contributed by atoms with Crippen LogP contribution >= 0.6 is 0 Å². The number of aromatic nitrogens is 4. The largest absolute Gasteiger partial charge is 0.408 e. The van der Waals surface area contributed by atoms with Gasteiger partial charge >= 0.3 is 12.7 Å². The number of morpholine rings is 1. The topological polar surface area (TPSA) is 68.4 Å². The molecule has 2 aliphatic rings. The molecule has 1 saturated heterocycles. The van der Waals surface area contributed by atoms with Gasteiger partial charge in [0.25, 0.3) is 5.56 Å². The first-order chi connectivity index (χ1) is 15.1. The lowest BCUT2D eigenvalue weighted by Crippen LogP contribution is -2.53. The molecule has 32 heavy (non-hydrogen) atoms. The van der Waals surface area contributed by atoms with Crippen LogP contribution in [0.3, 0.4) is 0 Å². The minimum atomic E-state index is -4.74. The lowest BCUT2D eigenvalue weighted by Gasteiger charge is -2.40. The molecule has 0 aromatic carbocycles. The third kappa shape index (κ3) is 3.91. The Hall–Kier alpha value is -2.77. The van der Waals surface area contributed by atoms with Crippen LogP contribution in [0.2, 0.25) is 0 Å². The van der Waals surface area contributed by atoms with Crippen LogP contribution < -0.4 is 15.4 Å². The number of halogens is 6. The van der Waals surface area contributed by atoms with E-state index in [-0.39, 0.29) is 37.3 Å². The van der Waals surface area contributed by atoms with Crippen molar-refractivity contribution in [1.82, 2.24) is 19.3 Å². The fourth-order valence-corrected chi connectivity index (χ4v) is 4.05. The van der Waals surface area contributed by atoms with Gasteiger partial charge in [0.15, 0.2) is 5.82 Å². The van der Waals surface area contributed by atoms with E-state index in [4.69, 9.17) is 4.74 Å². The average molecular weight is 466 g/mol. The molecule has 0 spiro atoms. The van der Waals surface area contributed by atoms with Gasteiger partial charge in [0.05, 0.1) is 31.5 Å². The molecule has 2 aromatic heterocycles. The Labute approximate surface area is 178 Å². The molecule has 2 unspecified atom stereocenters. The van der Waals surface area contributed by atoms with Crippen LogP contribution in [0.5, 0.6) is 0 Å². The minimum Gasteiger partial charge on any atom is -0.377 e. The maximum absolute atomic E-state index is 14.9. The van der Waals surface area contributed by atoms with Gasteiger partial charge in [-0.2, -0.15) is 36.4 Å². The summed E-state index contributed by atoms with van der Waals surface area (Å²) in [6.07, 6.45) is -4.26. The number of hydrogen-bond acceptors (Lipinski definition) is 6. The fourth-order valence-electron chi connectivity index (χ4n) is 4.05. The van der Waals surface area contributed by atoms with E-state index in [0.717, 1.165) is 21.7 Å². The molecule has 0 bridgehead atoms. The molecule has 0 radical (unpaired) electrons. The van der Waals surface area contributed by atoms with E-state index < -0.39 is 55.6 Å². The normalized spacial score (nSPS) is 21.9. The Kier molecular flexibility index (Phi) is 5.81. The second-order valence-electron chi connectivity index (χ2n) is 7.64. The number of nitrogens with zero attached hydrogens (tertiary/aromatic N) is 6. The predicted octanol–water partition coefficient (Wildman–Crippen LogP) is 2.54. The lowest BCUT2D eigenvalue weighted by atomic mass is 10.1.